The van der Waals surface area contributed by atoms with Crippen molar-refractivity contribution >= 4 is 16.9 Å². The average molecular weight is 372 g/mol. The molecule has 3 rings (SSSR count). The van der Waals surface area contributed by atoms with Crippen LogP contribution < -0.4 is 16.4 Å². The summed E-state index contributed by atoms with van der Waals surface area (Å²) < 4.78 is 5.15. The Bertz CT molecular complexity index is 903. The van der Waals surface area contributed by atoms with E-state index in [1.54, 1.807) is 13.8 Å². The predicted octanol–water partition coefficient (Wildman–Crippen LogP) is 1.36. The van der Waals surface area contributed by atoms with Crippen molar-refractivity contribution in [3.63, 3.8) is 0 Å². The van der Waals surface area contributed by atoms with Crippen LogP contribution in [-0.4, -0.2) is 38.4 Å². The number of nitrogens with two attached hydrogens (primary N) is 1. The third-order valence-electron chi connectivity index (χ3n) is 4.41. The molecule has 0 saturated heterocycles. The van der Waals surface area contributed by atoms with Crippen LogP contribution in [0.25, 0.3) is 10.9 Å². The van der Waals surface area contributed by atoms with E-state index in [0.29, 0.717) is 12.2 Å². The number of aromatic amines is 1. The number of para-hydroxylation sites is 1. The fourth-order valence-corrected chi connectivity index (χ4v) is 2.65. The lowest BCUT2D eigenvalue weighted by Crippen LogP contribution is -2.45. The molecule has 0 radical (unpaired) electrons. The van der Waals surface area contributed by atoms with E-state index in [1.165, 1.54) is 0 Å². The van der Waals surface area contributed by atoms with Crippen molar-refractivity contribution in [3.8, 4) is 0 Å². The highest BCUT2D eigenvalue weighted by molar-refractivity contribution is 5.83. The van der Waals surface area contributed by atoms with Gasteiger partial charge in [-0.1, -0.05) is 23.4 Å². The van der Waals surface area contributed by atoms with Crippen molar-refractivity contribution in [2.45, 2.75) is 45.0 Å². The third-order valence-corrected chi connectivity index (χ3v) is 4.41. The lowest BCUT2D eigenvalue weighted by molar-refractivity contribution is 0.152. The van der Waals surface area contributed by atoms with Crippen molar-refractivity contribution in [2.75, 3.05) is 0 Å². The molecule has 27 heavy (non-hydrogen) atoms. The minimum absolute atomic E-state index is 0.0746. The van der Waals surface area contributed by atoms with E-state index in [1.807, 2.05) is 30.5 Å². The van der Waals surface area contributed by atoms with Gasteiger partial charge in [0, 0.05) is 17.1 Å². The minimum atomic E-state index is -0.645. The van der Waals surface area contributed by atoms with Gasteiger partial charge >= 0.3 is 6.03 Å². The number of aliphatic hydroxyl groups excluding tert-OH is 1. The standard InChI is InChI=1S/C18H24N6O3/c1-10(11(2)25)22-18(26)21-9-16-23-17(24-27-16)14(19)7-12-8-20-15-6-4-3-5-13(12)15/h3-6,8,10-11,14,20,25H,7,9,19H2,1-2H3,(H2,21,22,26)/t10?,11-,14?/m1/s1. The molecule has 9 nitrogen and oxygen atoms in total. The molecule has 1 aromatic carbocycles. The SMILES string of the molecule is CC(NC(=O)NCc1nc(C(N)Cc2c[nH]c3ccccc23)no1)[C@@H](C)O. The van der Waals surface area contributed by atoms with Gasteiger partial charge < -0.3 is 31.0 Å². The second-order valence-corrected chi connectivity index (χ2v) is 6.57. The number of nitrogens with one attached hydrogen (secondary N) is 3. The van der Waals surface area contributed by atoms with Gasteiger partial charge in [0.1, 0.15) is 0 Å². The summed E-state index contributed by atoms with van der Waals surface area (Å²) in [6.45, 7) is 3.38. The molecule has 0 bridgehead atoms. The Morgan fingerprint density at radius 2 is 2.15 bits per heavy atom. The first-order chi connectivity index (χ1) is 12.9. The van der Waals surface area contributed by atoms with Crippen LogP contribution in [0, 0.1) is 0 Å². The Morgan fingerprint density at radius 1 is 1.37 bits per heavy atom. The molecule has 0 spiro atoms. The Hall–Kier alpha value is -2.91. The Labute approximate surface area is 156 Å². The number of carbonyl (C=O) groups is 1. The van der Waals surface area contributed by atoms with E-state index in [-0.39, 0.29) is 18.5 Å². The van der Waals surface area contributed by atoms with Gasteiger partial charge in [-0.2, -0.15) is 4.98 Å². The van der Waals surface area contributed by atoms with E-state index in [9.17, 15) is 9.90 Å². The number of rotatable bonds is 7. The van der Waals surface area contributed by atoms with Crippen molar-refractivity contribution in [3.05, 3.63) is 47.7 Å². The van der Waals surface area contributed by atoms with E-state index in [0.717, 1.165) is 16.5 Å². The van der Waals surface area contributed by atoms with Gasteiger partial charge in [0.25, 0.3) is 0 Å². The lowest BCUT2D eigenvalue weighted by atomic mass is 10.1. The smallest absolute Gasteiger partial charge is 0.315 e. The van der Waals surface area contributed by atoms with Crippen molar-refractivity contribution < 1.29 is 14.4 Å². The van der Waals surface area contributed by atoms with Gasteiger partial charge in [0.15, 0.2) is 5.82 Å². The van der Waals surface area contributed by atoms with Crippen molar-refractivity contribution in [2.24, 2.45) is 5.73 Å². The first-order valence-electron chi connectivity index (χ1n) is 8.79. The Kier molecular flexibility index (Phi) is 5.72. The zero-order chi connectivity index (χ0) is 19.4. The maximum atomic E-state index is 11.8. The summed E-state index contributed by atoms with van der Waals surface area (Å²) in [5.74, 6) is 0.647. The Morgan fingerprint density at radius 3 is 2.93 bits per heavy atom. The number of aliphatic hydroxyl groups is 1. The number of amides is 2. The van der Waals surface area contributed by atoms with Crippen LogP contribution in [0.2, 0.25) is 0 Å². The maximum absolute atomic E-state index is 11.8. The number of hydrogen-bond acceptors (Lipinski definition) is 6. The molecule has 2 heterocycles. The minimum Gasteiger partial charge on any atom is -0.391 e. The molecule has 6 N–H and O–H groups in total. The van der Waals surface area contributed by atoms with Gasteiger partial charge in [-0.25, -0.2) is 4.79 Å². The first kappa shape index (κ1) is 18.9. The van der Waals surface area contributed by atoms with Crippen LogP contribution in [0.5, 0.6) is 0 Å². The zero-order valence-corrected chi connectivity index (χ0v) is 15.3. The molecular formula is C18H24N6O3. The molecule has 0 fully saturated rings. The number of carbonyl (C=O) groups excluding carboxylic acids is 1. The van der Waals surface area contributed by atoms with Gasteiger partial charge in [0.05, 0.1) is 24.7 Å². The summed E-state index contributed by atoms with van der Waals surface area (Å²) in [7, 11) is 0. The van der Waals surface area contributed by atoms with E-state index >= 15 is 0 Å². The van der Waals surface area contributed by atoms with Crippen molar-refractivity contribution in [1.29, 1.82) is 0 Å². The fraction of sp³-hybridized carbons (Fsp3) is 0.389. The largest absolute Gasteiger partial charge is 0.391 e. The highest BCUT2D eigenvalue weighted by Gasteiger charge is 2.17. The monoisotopic (exact) mass is 372 g/mol. The van der Waals surface area contributed by atoms with E-state index in [4.69, 9.17) is 10.3 Å². The number of urea groups is 1. The normalized spacial score (nSPS) is 14.7. The zero-order valence-electron chi connectivity index (χ0n) is 15.3. The molecule has 3 atom stereocenters. The molecule has 0 aliphatic heterocycles. The number of nitrogens with zero attached hydrogens (tertiary/aromatic N) is 2. The van der Waals surface area contributed by atoms with Gasteiger partial charge in [-0.3, -0.25) is 0 Å². The quantitative estimate of drug-likeness (QED) is 0.424. The predicted molar refractivity (Wildman–Crippen MR) is 99.7 cm³/mol. The van der Waals surface area contributed by atoms with Gasteiger partial charge in [0.2, 0.25) is 5.89 Å². The molecule has 2 aromatic heterocycles. The topological polar surface area (TPSA) is 142 Å². The highest BCUT2D eigenvalue weighted by atomic mass is 16.5. The molecule has 144 valence electrons. The summed E-state index contributed by atoms with van der Waals surface area (Å²) >= 11 is 0. The molecule has 0 aliphatic carbocycles. The van der Waals surface area contributed by atoms with Crippen LogP contribution in [0.4, 0.5) is 4.79 Å². The highest BCUT2D eigenvalue weighted by Crippen LogP contribution is 2.22. The number of aromatic nitrogens is 3. The van der Waals surface area contributed by atoms with Gasteiger partial charge in [-0.15, -0.1) is 0 Å². The van der Waals surface area contributed by atoms with E-state index in [2.05, 4.69) is 25.8 Å². The molecule has 0 aliphatic rings. The van der Waals surface area contributed by atoms with Crippen LogP contribution in [0.15, 0.2) is 35.0 Å². The third kappa shape index (κ3) is 4.63. The molecule has 2 amide bonds. The second kappa shape index (κ2) is 8.19. The Balaban J connectivity index is 1.56. The summed E-state index contributed by atoms with van der Waals surface area (Å²) in [6, 6.07) is 6.77. The van der Waals surface area contributed by atoms with Crippen LogP contribution >= 0.6 is 0 Å². The lowest BCUT2D eigenvalue weighted by Gasteiger charge is -2.16. The summed E-state index contributed by atoms with van der Waals surface area (Å²) in [6.07, 6.45) is 1.84. The average Bonchev–Trinajstić information content (AvgIpc) is 3.27. The molecule has 3 aromatic rings. The van der Waals surface area contributed by atoms with Crippen LogP contribution in [-0.2, 0) is 13.0 Å². The fourth-order valence-electron chi connectivity index (χ4n) is 2.65. The second-order valence-electron chi connectivity index (χ2n) is 6.57. The van der Waals surface area contributed by atoms with Crippen LogP contribution in [0.3, 0.4) is 0 Å². The number of H-pyrrole nitrogens is 1. The summed E-state index contributed by atoms with van der Waals surface area (Å²) in [4.78, 5) is 19.2. The number of hydrogen-bond donors (Lipinski definition) is 5. The van der Waals surface area contributed by atoms with Crippen LogP contribution in [0.1, 0.15) is 37.2 Å². The number of fused-ring (bicyclic) bond motifs is 1. The van der Waals surface area contributed by atoms with Gasteiger partial charge in [-0.05, 0) is 31.9 Å². The maximum Gasteiger partial charge on any atom is 0.315 e. The summed E-state index contributed by atoms with van der Waals surface area (Å²) in [5.41, 5.74) is 8.35. The van der Waals surface area contributed by atoms with Crippen molar-refractivity contribution in [1.82, 2.24) is 25.8 Å². The molecule has 0 saturated carbocycles. The van der Waals surface area contributed by atoms with E-state index < -0.39 is 18.2 Å². The first-order valence-corrected chi connectivity index (χ1v) is 8.79. The number of benzene rings is 1. The molecule has 2 unspecified atom stereocenters. The molecule has 9 heteroatoms. The summed E-state index contributed by atoms with van der Waals surface area (Å²) in [5, 5.41) is 19.6. The molecular weight excluding hydrogens is 348 g/mol.